The van der Waals surface area contributed by atoms with Gasteiger partial charge in [-0.1, -0.05) is 43.1 Å². The highest BCUT2D eigenvalue weighted by molar-refractivity contribution is 6.30. The number of hydrogen-bond donors (Lipinski definition) is 1. The summed E-state index contributed by atoms with van der Waals surface area (Å²) in [4.78, 5) is 16.5. The molecule has 1 amide bonds. The largest absolute Gasteiger partial charge is 0.336 e. The average Bonchev–Trinajstić information content (AvgIpc) is 2.45. The SMILES string of the molecule is CCCC(C#N)NC(=O)c1cc(Cl)nc2ccccc12. The molecule has 2 rings (SSSR count). The van der Waals surface area contributed by atoms with Crippen molar-refractivity contribution < 1.29 is 4.79 Å². The minimum Gasteiger partial charge on any atom is -0.336 e. The summed E-state index contributed by atoms with van der Waals surface area (Å²) in [6.07, 6.45) is 1.45. The van der Waals surface area contributed by atoms with Crippen LogP contribution in [0, 0.1) is 11.3 Å². The van der Waals surface area contributed by atoms with E-state index in [1.807, 2.05) is 25.1 Å². The molecule has 0 aliphatic rings. The van der Waals surface area contributed by atoms with E-state index in [0.717, 1.165) is 11.8 Å². The van der Waals surface area contributed by atoms with Gasteiger partial charge in [-0.2, -0.15) is 5.26 Å². The normalized spacial score (nSPS) is 11.8. The number of amides is 1. The number of nitrogens with one attached hydrogen (secondary N) is 1. The van der Waals surface area contributed by atoms with Gasteiger partial charge >= 0.3 is 0 Å². The Morgan fingerprint density at radius 2 is 2.25 bits per heavy atom. The summed E-state index contributed by atoms with van der Waals surface area (Å²) in [6, 6.07) is 10.4. The molecule has 2 aromatic rings. The third-order valence-electron chi connectivity index (χ3n) is 2.97. The fourth-order valence-electron chi connectivity index (χ4n) is 2.02. The van der Waals surface area contributed by atoms with Gasteiger partial charge in [-0.05, 0) is 18.6 Å². The molecule has 0 saturated heterocycles. The van der Waals surface area contributed by atoms with Crippen molar-refractivity contribution in [3.05, 3.63) is 41.0 Å². The van der Waals surface area contributed by atoms with Crippen LogP contribution in [0.4, 0.5) is 0 Å². The third-order valence-corrected chi connectivity index (χ3v) is 3.16. The molecule has 0 radical (unpaired) electrons. The van der Waals surface area contributed by atoms with Crippen molar-refractivity contribution in [2.45, 2.75) is 25.8 Å². The molecule has 0 spiro atoms. The number of hydrogen-bond acceptors (Lipinski definition) is 3. The molecule has 1 atom stereocenters. The first kappa shape index (κ1) is 14.3. The highest BCUT2D eigenvalue weighted by atomic mass is 35.5. The Hall–Kier alpha value is -2.12. The number of para-hydroxylation sites is 1. The van der Waals surface area contributed by atoms with Gasteiger partial charge < -0.3 is 5.32 Å². The van der Waals surface area contributed by atoms with Crippen LogP contribution in [0.3, 0.4) is 0 Å². The smallest absolute Gasteiger partial charge is 0.253 e. The number of nitrogens with zero attached hydrogens (tertiary/aromatic N) is 2. The highest BCUT2D eigenvalue weighted by Gasteiger charge is 2.16. The van der Waals surface area contributed by atoms with Crippen molar-refractivity contribution in [1.82, 2.24) is 10.3 Å². The zero-order valence-corrected chi connectivity index (χ0v) is 11.8. The average molecular weight is 288 g/mol. The number of carbonyl (C=O) groups excluding carboxylic acids is 1. The second-order valence-corrected chi connectivity index (χ2v) is 4.84. The number of rotatable bonds is 4. The molecule has 5 heteroatoms. The molecular weight excluding hydrogens is 274 g/mol. The van der Waals surface area contributed by atoms with Gasteiger partial charge in [0.05, 0.1) is 17.1 Å². The molecule has 0 aliphatic heterocycles. The zero-order chi connectivity index (χ0) is 14.5. The van der Waals surface area contributed by atoms with Gasteiger partial charge in [0.15, 0.2) is 0 Å². The second-order valence-electron chi connectivity index (χ2n) is 4.45. The Labute approximate surface area is 122 Å². The summed E-state index contributed by atoms with van der Waals surface area (Å²) in [5.74, 6) is -0.300. The van der Waals surface area contributed by atoms with Crippen molar-refractivity contribution in [2.24, 2.45) is 0 Å². The first-order valence-electron chi connectivity index (χ1n) is 6.41. The predicted molar refractivity (Wildman–Crippen MR) is 78.5 cm³/mol. The number of aromatic nitrogens is 1. The molecule has 0 aliphatic carbocycles. The molecular formula is C15H14ClN3O. The summed E-state index contributed by atoms with van der Waals surface area (Å²) in [7, 11) is 0. The van der Waals surface area contributed by atoms with Crippen molar-refractivity contribution in [1.29, 1.82) is 5.26 Å². The standard InChI is InChI=1S/C15H14ClN3O/c1-2-5-10(9-17)18-15(20)12-8-14(16)19-13-7-4-3-6-11(12)13/h3-4,6-8,10H,2,5H2,1H3,(H,18,20). The maximum atomic E-state index is 12.3. The molecule has 0 bridgehead atoms. The van der Waals surface area contributed by atoms with Crippen LogP contribution in [0.25, 0.3) is 10.9 Å². The fourth-order valence-corrected chi connectivity index (χ4v) is 2.22. The lowest BCUT2D eigenvalue weighted by Crippen LogP contribution is -2.33. The maximum Gasteiger partial charge on any atom is 0.253 e. The lowest BCUT2D eigenvalue weighted by Gasteiger charge is -2.12. The van der Waals surface area contributed by atoms with Crippen LogP contribution < -0.4 is 5.32 Å². The Balaban J connectivity index is 2.37. The van der Waals surface area contributed by atoms with Gasteiger partial charge in [-0.3, -0.25) is 4.79 Å². The van der Waals surface area contributed by atoms with Crippen LogP contribution in [0.15, 0.2) is 30.3 Å². The predicted octanol–water partition coefficient (Wildman–Crippen LogP) is 3.31. The molecule has 102 valence electrons. The quantitative estimate of drug-likeness (QED) is 0.877. The molecule has 1 N–H and O–H groups in total. The van der Waals surface area contributed by atoms with Crippen LogP contribution >= 0.6 is 11.6 Å². The minimum atomic E-state index is -0.488. The van der Waals surface area contributed by atoms with E-state index in [1.165, 1.54) is 6.07 Å². The fraction of sp³-hybridized carbons (Fsp3) is 0.267. The first-order valence-corrected chi connectivity index (χ1v) is 6.79. The van der Waals surface area contributed by atoms with Gasteiger partial charge in [0.2, 0.25) is 0 Å². The van der Waals surface area contributed by atoms with E-state index in [-0.39, 0.29) is 11.1 Å². The molecule has 4 nitrogen and oxygen atoms in total. The van der Waals surface area contributed by atoms with Crippen LogP contribution in [0.5, 0.6) is 0 Å². The Morgan fingerprint density at radius 1 is 1.50 bits per heavy atom. The minimum absolute atomic E-state index is 0.262. The van der Waals surface area contributed by atoms with Crippen LogP contribution in [0.1, 0.15) is 30.1 Å². The van der Waals surface area contributed by atoms with Gasteiger partial charge in [-0.15, -0.1) is 0 Å². The molecule has 1 aromatic carbocycles. The summed E-state index contributed by atoms with van der Waals surface area (Å²) >= 11 is 5.94. The van der Waals surface area contributed by atoms with E-state index >= 15 is 0 Å². The Morgan fingerprint density at radius 3 is 2.95 bits per heavy atom. The Bertz CT molecular complexity index is 678. The molecule has 1 unspecified atom stereocenters. The van der Waals surface area contributed by atoms with E-state index in [9.17, 15) is 4.79 Å². The molecule has 1 aromatic heterocycles. The monoisotopic (exact) mass is 287 g/mol. The van der Waals surface area contributed by atoms with Gasteiger partial charge in [0.1, 0.15) is 11.2 Å². The zero-order valence-electron chi connectivity index (χ0n) is 11.1. The van der Waals surface area contributed by atoms with Gasteiger partial charge in [0.25, 0.3) is 5.91 Å². The molecule has 0 saturated carbocycles. The second kappa shape index (κ2) is 6.36. The lowest BCUT2D eigenvalue weighted by atomic mass is 10.1. The molecule has 1 heterocycles. The number of pyridine rings is 1. The van der Waals surface area contributed by atoms with Crippen molar-refractivity contribution >= 4 is 28.4 Å². The topological polar surface area (TPSA) is 65.8 Å². The van der Waals surface area contributed by atoms with Crippen molar-refractivity contribution in [2.75, 3.05) is 0 Å². The van der Waals surface area contributed by atoms with Gasteiger partial charge in [-0.25, -0.2) is 4.98 Å². The van der Waals surface area contributed by atoms with Crippen LogP contribution in [0.2, 0.25) is 5.15 Å². The summed E-state index contributed by atoms with van der Waals surface area (Å²) < 4.78 is 0. The van der Waals surface area contributed by atoms with E-state index < -0.39 is 6.04 Å². The van der Waals surface area contributed by atoms with E-state index in [0.29, 0.717) is 17.5 Å². The molecule has 20 heavy (non-hydrogen) atoms. The summed E-state index contributed by atoms with van der Waals surface area (Å²) in [5, 5.41) is 12.7. The van der Waals surface area contributed by atoms with Gasteiger partial charge in [0, 0.05) is 5.39 Å². The third kappa shape index (κ3) is 3.06. The number of fused-ring (bicyclic) bond motifs is 1. The van der Waals surface area contributed by atoms with Crippen molar-refractivity contribution in [3.8, 4) is 6.07 Å². The molecule has 0 fully saturated rings. The number of halogens is 1. The Kier molecular flexibility index (Phi) is 4.54. The van der Waals surface area contributed by atoms with E-state index in [4.69, 9.17) is 16.9 Å². The van der Waals surface area contributed by atoms with E-state index in [2.05, 4.69) is 16.4 Å². The number of benzene rings is 1. The van der Waals surface area contributed by atoms with Crippen LogP contribution in [-0.4, -0.2) is 16.9 Å². The first-order chi connectivity index (χ1) is 9.65. The highest BCUT2D eigenvalue weighted by Crippen LogP contribution is 2.20. The number of carbonyl (C=O) groups is 1. The van der Waals surface area contributed by atoms with Crippen molar-refractivity contribution in [3.63, 3.8) is 0 Å². The lowest BCUT2D eigenvalue weighted by molar-refractivity contribution is 0.0945. The summed E-state index contributed by atoms with van der Waals surface area (Å²) in [5.41, 5.74) is 1.10. The van der Waals surface area contributed by atoms with Crippen LogP contribution in [-0.2, 0) is 0 Å². The van der Waals surface area contributed by atoms with E-state index in [1.54, 1.807) is 6.07 Å². The maximum absolute atomic E-state index is 12.3. The number of nitriles is 1. The summed E-state index contributed by atoms with van der Waals surface area (Å²) in [6.45, 7) is 1.97.